The van der Waals surface area contributed by atoms with Crippen LogP contribution in [0.2, 0.25) is 0 Å². The van der Waals surface area contributed by atoms with E-state index < -0.39 is 17.5 Å². The summed E-state index contributed by atoms with van der Waals surface area (Å²) in [6.45, 7) is 3.34. The average molecular weight is 310 g/mol. The molecule has 0 aromatic carbocycles. The van der Waals surface area contributed by atoms with Crippen molar-refractivity contribution < 1.29 is 14.4 Å². The van der Waals surface area contributed by atoms with Gasteiger partial charge in [-0.15, -0.1) is 11.3 Å². The van der Waals surface area contributed by atoms with E-state index in [1.807, 2.05) is 13.8 Å². The Morgan fingerprint density at radius 1 is 1.38 bits per heavy atom. The molecule has 1 fully saturated rings. The minimum Gasteiger partial charge on any atom is -0.327 e. The fourth-order valence-corrected chi connectivity index (χ4v) is 3.01. The molecule has 7 nitrogen and oxygen atoms in total. The molecule has 1 aromatic rings. The van der Waals surface area contributed by atoms with E-state index in [9.17, 15) is 14.4 Å². The third kappa shape index (κ3) is 2.76. The first kappa shape index (κ1) is 15.4. The lowest BCUT2D eigenvalue weighted by Crippen LogP contribution is -2.46. The van der Waals surface area contributed by atoms with Gasteiger partial charge >= 0.3 is 6.03 Å². The number of rotatable bonds is 4. The molecule has 1 aliphatic heterocycles. The molecule has 0 aliphatic carbocycles. The smallest absolute Gasteiger partial charge is 0.325 e. The summed E-state index contributed by atoms with van der Waals surface area (Å²) in [6, 6.07) is -0.525. The average Bonchev–Trinajstić information content (AvgIpc) is 2.95. The van der Waals surface area contributed by atoms with Crippen LogP contribution in [0.3, 0.4) is 0 Å². The van der Waals surface area contributed by atoms with Gasteiger partial charge in [-0.25, -0.2) is 4.79 Å². The summed E-state index contributed by atoms with van der Waals surface area (Å²) in [5, 5.41) is 4.49. The molecule has 4 amide bonds. The first-order valence-corrected chi connectivity index (χ1v) is 7.63. The zero-order valence-corrected chi connectivity index (χ0v) is 13.1. The summed E-state index contributed by atoms with van der Waals surface area (Å²) in [4.78, 5) is 41.6. The summed E-state index contributed by atoms with van der Waals surface area (Å²) >= 11 is 1.32. The second-order valence-electron chi connectivity index (χ2n) is 4.91. The zero-order valence-electron chi connectivity index (χ0n) is 12.3. The van der Waals surface area contributed by atoms with Gasteiger partial charge in [0.05, 0.1) is 0 Å². The van der Waals surface area contributed by atoms with Crippen molar-refractivity contribution in [2.24, 2.45) is 12.0 Å². The van der Waals surface area contributed by atoms with E-state index in [0.29, 0.717) is 17.6 Å². The predicted molar refractivity (Wildman–Crippen MR) is 77.4 cm³/mol. The third-order valence-corrected chi connectivity index (χ3v) is 4.57. The molecule has 0 spiro atoms. The quantitative estimate of drug-likeness (QED) is 0.828. The summed E-state index contributed by atoms with van der Waals surface area (Å²) in [5.74, 6) is -0.865. The Morgan fingerprint density at radius 2 is 2.05 bits per heavy atom. The van der Waals surface area contributed by atoms with Gasteiger partial charge in [0.15, 0.2) is 4.80 Å². The number of imide groups is 1. The van der Waals surface area contributed by atoms with E-state index in [1.54, 1.807) is 23.2 Å². The highest BCUT2D eigenvalue weighted by Gasteiger charge is 2.49. The van der Waals surface area contributed by atoms with Gasteiger partial charge in [0, 0.05) is 18.6 Å². The van der Waals surface area contributed by atoms with Crippen LogP contribution in [0.1, 0.15) is 26.7 Å². The summed E-state index contributed by atoms with van der Waals surface area (Å²) in [6.07, 6.45) is 2.77. The van der Waals surface area contributed by atoms with Crippen LogP contribution in [0.25, 0.3) is 0 Å². The summed E-state index contributed by atoms with van der Waals surface area (Å²) in [7, 11) is 1.77. The number of thiazole rings is 1. The Morgan fingerprint density at radius 3 is 2.52 bits per heavy atom. The maximum atomic E-state index is 12.4. The van der Waals surface area contributed by atoms with E-state index in [1.165, 1.54) is 11.3 Å². The van der Waals surface area contributed by atoms with Crippen LogP contribution in [-0.4, -0.2) is 39.4 Å². The minimum absolute atomic E-state index is 0.329. The van der Waals surface area contributed by atoms with E-state index >= 15 is 0 Å². The first-order chi connectivity index (χ1) is 9.93. The molecular weight excluding hydrogens is 292 g/mol. The van der Waals surface area contributed by atoms with Gasteiger partial charge < -0.3 is 9.88 Å². The number of aromatic nitrogens is 1. The molecule has 1 aliphatic rings. The summed E-state index contributed by atoms with van der Waals surface area (Å²) < 4.78 is 1.71. The number of aryl methyl sites for hydroxylation is 1. The lowest BCUT2D eigenvalue weighted by molar-refractivity contribution is -0.134. The highest BCUT2D eigenvalue weighted by molar-refractivity contribution is 7.07. The second-order valence-corrected chi connectivity index (χ2v) is 5.79. The van der Waals surface area contributed by atoms with Gasteiger partial charge in [0.1, 0.15) is 12.1 Å². The van der Waals surface area contributed by atoms with Crippen LogP contribution < -0.4 is 10.1 Å². The van der Waals surface area contributed by atoms with Crippen molar-refractivity contribution in [2.45, 2.75) is 32.2 Å². The Kier molecular flexibility index (Phi) is 4.26. The molecule has 0 unspecified atom stereocenters. The van der Waals surface area contributed by atoms with Crippen molar-refractivity contribution in [3.63, 3.8) is 0 Å². The highest BCUT2D eigenvalue weighted by Crippen LogP contribution is 2.24. The van der Waals surface area contributed by atoms with Crippen molar-refractivity contribution in [1.29, 1.82) is 0 Å². The van der Waals surface area contributed by atoms with Crippen molar-refractivity contribution in [3.8, 4) is 0 Å². The number of carbonyl (C=O) groups excluding carboxylic acids is 3. The molecule has 0 saturated carbocycles. The monoisotopic (exact) mass is 310 g/mol. The summed E-state index contributed by atoms with van der Waals surface area (Å²) in [5.41, 5.74) is -0.884. The minimum atomic E-state index is -0.884. The number of hydrogen-bond acceptors (Lipinski definition) is 4. The van der Waals surface area contributed by atoms with Gasteiger partial charge in [-0.05, 0) is 12.8 Å². The van der Waals surface area contributed by atoms with E-state index in [0.717, 1.165) is 4.90 Å². The molecule has 0 atom stereocenters. The number of nitrogens with zero attached hydrogens (tertiary/aromatic N) is 3. The maximum absolute atomic E-state index is 12.4. The SMILES string of the molecule is CCC1(CC)NC(=O)N(CC(=O)N=c2sccn2C)C1=O. The number of carbonyl (C=O) groups is 3. The molecule has 0 bridgehead atoms. The third-order valence-electron chi connectivity index (χ3n) is 3.73. The normalized spacial score (nSPS) is 18.2. The Labute approximate surface area is 126 Å². The van der Waals surface area contributed by atoms with Gasteiger partial charge in [0.2, 0.25) is 0 Å². The fourth-order valence-electron chi connectivity index (χ4n) is 2.26. The highest BCUT2D eigenvalue weighted by atomic mass is 32.1. The van der Waals surface area contributed by atoms with Crippen molar-refractivity contribution in [3.05, 3.63) is 16.4 Å². The predicted octanol–water partition coefficient (Wildman–Crippen LogP) is 0.624. The molecule has 1 saturated heterocycles. The molecule has 1 aromatic heterocycles. The Bertz CT molecular complexity index is 642. The lowest BCUT2D eigenvalue weighted by atomic mass is 9.93. The lowest BCUT2D eigenvalue weighted by Gasteiger charge is -2.22. The zero-order chi connectivity index (χ0) is 15.6. The van der Waals surface area contributed by atoms with Crippen LogP contribution in [0, 0.1) is 0 Å². The molecule has 8 heteroatoms. The van der Waals surface area contributed by atoms with Crippen molar-refractivity contribution >= 4 is 29.2 Å². The first-order valence-electron chi connectivity index (χ1n) is 6.75. The second kappa shape index (κ2) is 5.80. The number of nitrogens with one attached hydrogen (secondary N) is 1. The molecule has 114 valence electrons. The number of amides is 4. The molecule has 21 heavy (non-hydrogen) atoms. The Hall–Kier alpha value is -1.96. The Balaban J connectivity index is 2.17. The maximum Gasteiger partial charge on any atom is 0.325 e. The van der Waals surface area contributed by atoms with Crippen LogP contribution in [-0.2, 0) is 16.6 Å². The van der Waals surface area contributed by atoms with Crippen LogP contribution >= 0.6 is 11.3 Å². The molecule has 2 heterocycles. The van der Waals surface area contributed by atoms with Gasteiger partial charge in [-0.2, -0.15) is 4.99 Å². The van der Waals surface area contributed by atoms with Crippen LogP contribution in [0.4, 0.5) is 4.79 Å². The van der Waals surface area contributed by atoms with E-state index in [-0.39, 0.29) is 12.5 Å². The largest absolute Gasteiger partial charge is 0.327 e. The van der Waals surface area contributed by atoms with Crippen LogP contribution in [0.15, 0.2) is 16.6 Å². The molecular formula is C13H18N4O3S. The fraction of sp³-hybridized carbons (Fsp3) is 0.538. The van der Waals surface area contributed by atoms with Gasteiger partial charge in [0.25, 0.3) is 11.8 Å². The number of urea groups is 1. The molecule has 2 rings (SSSR count). The number of hydrogen-bond donors (Lipinski definition) is 1. The molecule has 1 N–H and O–H groups in total. The molecule has 0 radical (unpaired) electrons. The van der Waals surface area contributed by atoms with E-state index in [2.05, 4.69) is 10.3 Å². The van der Waals surface area contributed by atoms with Gasteiger partial charge in [-0.3, -0.25) is 14.5 Å². The van der Waals surface area contributed by atoms with Crippen molar-refractivity contribution in [2.75, 3.05) is 6.54 Å². The standard InChI is InChI=1S/C13H18N4O3S/c1-4-13(5-2)10(19)17(11(20)15-13)8-9(18)14-12-16(3)6-7-21-12/h6-7H,4-5,8H2,1-3H3,(H,15,20). The topological polar surface area (TPSA) is 83.8 Å². The van der Waals surface area contributed by atoms with Gasteiger partial charge in [-0.1, -0.05) is 13.8 Å². The van der Waals surface area contributed by atoms with Crippen molar-refractivity contribution in [1.82, 2.24) is 14.8 Å². The van der Waals surface area contributed by atoms with Crippen LogP contribution in [0.5, 0.6) is 0 Å². The van der Waals surface area contributed by atoms with E-state index in [4.69, 9.17) is 0 Å².